The molecule has 23 heavy (non-hydrogen) atoms. The number of esters is 1. The Balaban J connectivity index is 5.17. The van der Waals surface area contributed by atoms with Crippen LogP contribution in [0.1, 0.15) is 93.9 Å². The molecule has 1 atom stereocenters. The molecule has 0 saturated heterocycles. The van der Waals surface area contributed by atoms with Crippen LogP contribution in [0.15, 0.2) is 0 Å². The van der Waals surface area contributed by atoms with E-state index in [0.29, 0.717) is 19.4 Å². The molecule has 0 spiro atoms. The smallest absolute Gasteiger partial charge is 0.306 e. The highest BCUT2D eigenvalue weighted by Gasteiger charge is 2.44. The van der Waals surface area contributed by atoms with Gasteiger partial charge in [-0.1, -0.05) is 68.2 Å². The Morgan fingerprint density at radius 1 is 1.04 bits per heavy atom. The third-order valence-electron chi connectivity index (χ3n) is 6.33. The zero-order valence-corrected chi connectivity index (χ0v) is 16.9. The number of hydrogen-bond acceptors (Lipinski definition) is 3. The predicted octanol–water partition coefficient (Wildman–Crippen LogP) is 5.32. The standard InChI is InChI=1S/C20H41NO2/c1-9-18(3,4)14-13-16(23-17(22)12-11-15-21)20(7,8)19(5,6)10-2/h16H,9-15,21H2,1-8H3. The molecule has 0 aliphatic rings. The molecule has 3 nitrogen and oxygen atoms in total. The summed E-state index contributed by atoms with van der Waals surface area (Å²) in [6.07, 6.45) is 5.27. The summed E-state index contributed by atoms with van der Waals surface area (Å²) in [5, 5.41) is 0. The number of nitrogens with two attached hydrogens (primary N) is 1. The monoisotopic (exact) mass is 327 g/mol. The average Bonchev–Trinajstić information content (AvgIpc) is 2.48. The molecule has 0 rings (SSSR count). The fourth-order valence-electron chi connectivity index (χ4n) is 2.62. The van der Waals surface area contributed by atoms with Gasteiger partial charge in [0.25, 0.3) is 0 Å². The van der Waals surface area contributed by atoms with Crippen molar-refractivity contribution >= 4 is 5.97 Å². The van der Waals surface area contributed by atoms with Crippen molar-refractivity contribution < 1.29 is 9.53 Å². The summed E-state index contributed by atoms with van der Waals surface area (Å²) in [6.45, 7) is 18.6. The van der Waals surface area contributed by atoms with Crippen molar-refractivity contribution in [1.82, 2.24) is 0 Å². The first kappa shape index (κ1) is 22.4. The zero-order valence-electron chi connectivity index (χ0n) is 16.9. The fraction of sp³-hybridized carbons (Fsp3) is 0.950. The summed E-state index contributed by atoms with van der Waals surface area (Å²) in [5.41, 5.74) is 5.84. The zero-order chi connectivity index (χ0) is 18.3. The Bertz CT molecular complexity index is 359. The van der Waals surface area contributed by atoms with E-state index in [0.717, 1.165) is 25.7 Å². The van der Waals surface area contributed by atoms with Crippen LogP contribution < -0.4 is 5.73 Å². The molecule has 0 aliphatic heterocycles. The molecular formula is C20H41NO2. The van der Waals surface area contributed by atoms with E-state index >= 15 is 0 Å². The Kier molecular flexibility index (Phi) is 8.83. The SMILES string of the molecule is CCC(C)(C)CCC(OC(=O)CCCN)C(C)(C)C(C)(C)CC. The first-order valence-electron chi connectivity index (χ1n) is 9.33. The molecule has 0 aromatic heterocycles. The van der Waals surface area contributed by atoms with Crippen LogP contribution in [-0.2, 0) is 9.53 Å². The second kappa shape index (κ2) is 9.05. The molecule has 2 N–H and O–H groups in total. The number of hydrogen-bond donors (Lipinski definition) is 1. The van der Waals surface area contributed by atoms with Crippen molar-refractivity contribution in [3.63, 3.8) is 0 Å². The van der Waals surface area contributed by atoms with Crippen molar-refractivity contribution in [3.8, 4) is 0 Å². The minimum atomic E-state index is -0.102. The molecule has 138 valence electrons. The summed E-state index contributed by atoms with van der Waals surface area (Å²) in [4.78, 5) is 12.2. The molecule has 0 fully saturated rings. The van der Waals surface area contributed by atoms with E-state index in [4.69, 9.17) is 10.5 Å². The molecule has 0 heterocycles. The lowest BCUT2D eigenvalue weighted by Crippen LogP contribution is -2.45. The minimum absolute atomic E-state index is 0.0476. The van der Waals surface area contributed by atoms with Gasteiger partial charge in [0.15, 0.2) is 0 Å². The molecule has 0 saturated carbocycles. The number of carbonyl (C=O) groups excluding carboxylic acids is 1. The maximum Gasteiger partial charge on any atom is 0.306 e. The summed E-state index contributed by atoms with van der Waals surface area (Å²) < 4.78 is 5.95. The second-order valence-corrected chi connectivity index (χ2v) is 8.89. The third kappa shape index (κ3) is 6.82. The summed E-state index contributed by atoms with van der Waals surface area (Å²) in [6, 6.07) is 0. The highest BCUT2D eigenvalue weighted by molar-refractivity contribution is 5.69. The Morgan fingerprint density at radius 3 is 2.04 bits per heavy atom. The van der Waals surface area contributed by atoms with E-state index in [2.05, 4.69) is 55.4 Å². The summed E-state index contributed by atoms with van der Waals surface area (Å²) in [7, 11) is 0. The van der Waals surface area contributed by atoms with Gasteiger partial charge >= 0.3 is 5.97 Å². The van der Waals surface area contributed by atoms with Gasteiger partial charge in [-0.2, -0.15) is 0 Å². The van der Waals surface area contributed by atoms with Crippen LogP contribution in [0.25, 0.3) is 0 Å². The van der Waals surface area contributed by atoms with Gasteiger partial charge in [0.1, 0.15) is 6.10 Å². The number of ether oxygens (including phenoxy) is 1. The topological polar surface area (TPSA) is 52.3 Å². The van der Waals surface area contributed by atoms with Crippen LogP contribution in [0, 0.1) is 16.2 Å². The molecule has 0 aromatic rings. The highest BCUT2D eigenvalue weighted by Crippen LogP contribution is 2.47. The van der Waals surface area contributed by atoms with Crippen molar-refractivity contribution in [2.75, 3.05) is 6.54 Å². The fourth-order valence-corrected chi connectivity index (χ4v) is 2.62. The van der Waals surface area contributed by atoms with E-state index in [1.165, 1.54) is 0 Å². The van der Waals surface area contributed by atoms with Crippen LogP contribution in [0.4, 0.5) is 0 Å². The molecule has 0 radical (unpaired) electrons. The van der Waals surface area contributed by atoms with Crippen molar-refractivity contribution in [2.24, 2.45) is 22.0 Å². The molecule has 0 bridgehead atoms. The molecule has 0 aliphatic carbocycles. The maximum absolute atomic E-state index is 12.2. The Morgan fingerprint density at radius 2 is 1.61 bits per heavy atom. The normalized spacial score (nSPS) is 14.7. The van der Waals surface area contributed by atoms with Crippen LogP contribution in [0.5, 0.6) is 0 Å². The predicted molar refractivity (Wildman–Crippen MR) is 99.3 cm³/mol. The molecule has 0 amide bonds. The Hall–Kier alpha value is -0.570. The van der Waals surface area contributed by atoms with Gasteiger partial charge < -0.3 is 10.5 Å². The first-order chi connectivity index (χ1) is 10.4. The highest BCUT2D eigenvalue weighted by atomic mass is 16.5. The van der Waals surface area contributed by atoms with Gasteiger partial charge in [0.2, 0.25) is 0 Å². The van der Waals surface area contributed by atoms with E-state index in [1.54, 1.807) is 0 Å². The van der Waals surface area contributed by atoms with Crippen LogP contribution >= 0.6 is 0 Å². The van der Waals surface area contributed by atoms with E-state index < -0.39 is 0 Å². The quantitative estimate of drug-likeness (QED) is 0.523. The molecule has 3 heteroatoms. The van der Waals surface area contributed by atoms with Gasteiger partial charge in [-0.05, 0) is 36.6 Å². The van der Waals surface area contributed by atoms with E-state index in [9.17, 15) is 4.79 Å². The number of rotatable bonds is 11. The number of carbonyl (C=O) groups is 1. The largest absolute Gasteiger partial charge is 0.462 e. The van der Waals surface area contributed by atoms with Gasteiger partial charge in [0, 0.05) is 11.8 Å². The summed E-state index contributed by atoms with van der Waals surface area (Å²) >= 11 is 0. The van der Waals surface area contributed by atoms with E-state index in [1.807, 2.05) is 0 Å². The Labute approximate surface area is 144 Å². The minimum Gasteiger partial charge on any atom is -0.462 e. The van der Waals surface area contributed by atoms with Crippen LogP contribution in [-0.4, -0.2) is 18.6 Å². The molecular weight excluding hydrogens is 286 g/mol. The van der Waals surface area contributed by atoms with Gasteiger partial charge in [-0.3, -0.25) is 4.79 Å². The van der Waals surface area contributed by atoms with Gasteiger partial charge in [0.05, 0.1) is 0 Å². The van der Waals surface area contributed by atoms with Gasteiger partial charge in [-0.25, -0.2) is 0 Å². The van der Waals surface area contributed by atoms with Gasteiger partial charge in [-0.15, -0.1) is 0 Å². The van der Waals surface area contributed by atoms with Crippen LogP contribution in [0.2, 0.25) is 0 Å². The third-order valence-corrected chi connectivity index (χ3v) is 6.33. The van der Waals surface area contributed by atoms with Crippen molar-refractivity contribution in [1.29, 1.82) is 0 Å². The molecule has 0 aromatic carbocycles. The lowest BCUT2D eigenvalue weighted by Gasteiger charge is -2.46. The van der Waals surface area contributed by atoms with Crippen molar-refractivity contribution in [2.45, 2.75) is 100 Å². The average molecular weight is 328 g/mol. The molecule has 1 unspecified atom stereocenters. The van der Waals surface area contributed by atoms with Crippen LogP contribution in [0.3, 0.4) is 0 Å². The summed E-state index contributed by atoms with van der Waals surface area (Å²) in [5.74, 6) is -0.102. The second-order valence-electron chi connectivity index (χ2n) is 8.89. The van der Waals surface area contributed by atoms with Crippen molar-refractivity contribution in [3.05, 3.63) is 0 Å². The van der Waals surface area contributed by atoms with E-state index in [-0.39, 0.29) is 28.3 Å². The lowest BCUT2D eigenvalue weighted by atomic mass is 9.62. The first-order valence-corrected chi connectivity index (χ1v) is 9.33. The maximum atomic E-state index is 12.2. The lowest BCUT2D eigenvalue weighted by molar-refractivity contribution is -0.162.